The molecule has 0 bridgehead atoms. The van der Waals surface area contributed by atoms with Crippen LogP contribution in [0.2, 0.25) is 0 Å². The van der Waals surface area contributed by atoms with Gasteiger partial charge in [0.05, 0.1) is 5.25 Å². The molecule has 2 aliphatic rings. The number of nitrogens with one attached hydrogen (secondary N) is 1. The molecule has 1 N–H and O–H groups in total. The van der Waals surface area contributed by atoms with Crippen LogP contribution in [0.1, 0.15) is 25.8 Å². The molecule has 0 radical (unpaired) electrons. The van der Waals surface area contributed by atoms with Crippen molar-refractivity contribution in [3.8, 4) is 11.4 Å². The van der Waals surface area contributed by atoms with Crippen molar-refractivity contribution in [3.63, 3.8) is 0 Å². The maximum absolute atomic E-state index is 12.5. The highest BCUT2D eigenvalue weighted by Crippen LogP contribution is 2.41. The van der Waals surface area contributed by atoms with E-state index >= 15 is 0 Å². The van der Waals surface area contributed by atoms with Crippen LogP contribution in [0.4, 0.5) is 4.79 Å². The number of aromatic nitrogens is 4. The van der Waals surface area contributed by atoms with Crippen molar-refractivity contribution in [3.05, 3.63) is 24.5 Å². The maximum Gasteiger partial charge on any atom is 0.324 e. The first-order valence-electron chi connectivity index (χ1n) is 8.26. The Labute approximate surface area is 149 Å². The third-order valence-corrected chi connectivity index (χ3v) is 5.31. The second-order valence-corrected chi connectivity index (χ2v) is 7.43. The van der Waals surface area contributed by atoms with Crippen LogP contribution in [0.5, 0.6) is 0 Å². The molecule has 1 aliphatic heterocycles. The van der Waals surface area contributed by atoms with Crippen LogP contribution in [0.25, 0.3) is 11.4 Å². The van der Waals surface area contributed by atoms with E-state index in [0.29, 0.717) is 19.1 Å². The van der Waals surface area contributed by atoms with E-state index in [-0.39, 0.29) is 11.9 Å². The Morgan fingerprint density at radius 2 is 2.08 bits per heavy atom. The van der Waals surface area contributed by atoms with Crippen LogP contribution in [-0.4, -0.2) is 54.9 Å². The number of nitrogens with zero attached hydrogens (tertiary/aromatic N) is 5. The summed E-state index contributed by atoms with van der Waals surface area (Å²) >= 11 is 1.35. The zero-order valence-electron chi connectivity index (χ0n) is 13.8. The van der Waals surface area contributed by atoms with Crippen LogP contribution in [0.15, 0.2) is 29.7 Å². The van der Waals surface area contributed by atoms with Gasteiger partial charge in [-0.1, -0.05) is 11.8 Å². The Hall–Kier alpha value is -2.42. The van der Waals surface area contributed by atoms with Crippen molar-refractivity contribution in [2.75, 3.05) is 13.1 Å². The normalized spacial score (nSPS) is 18.3. The molecule has 9 heteroatoms. The number of hydrogen-bond donors (Lipinski definition) is 1. The summed E-state index contributed by atoms with van der Waals surface area (Å²) in [5, 5.41) is 11.6. The van der Waals surface area contributed by atoms with E-state index in [2.05, 4.69) is 25.1 Å². The van der Waals surface area contributed by atoms with Gasteiger partial charge in [-0.15, -0.1) is 10.2 Å². The summed E-state index contributed by atoms with van der Waals surface area (Å²) in [4.78, 5) is 29.5. The van der Waals surface area contributed by atoms with Crippen molar-refractivity contribution < 1.29 is 9.59 Å². The lowest BCUT2D eigenvalue weighted by atomic mass is 10.2. The summed E-state index contributed by atoms with van der Waals surface area (Å²) in [5.41, 5.74) is 0.958. The van der Waals surface area contributed by atoms with Gasteiger partial charge < -0.3 is 5.32 Å². The van der Waals surface area contributed by atoms with Crippen LogP contribution in [-0.2, 0) is 4.79 Å². The van der Waals surface area contributed by atoms with Gasteiger partial charge in [-0.2, -0.15) is 0 Å². The number of rotatable bonds is 5. The molecule has 2 fully saturated rings. The van der Waals surface area contributed by atoms with E-state index in [9.17, 15) is 9.59 Å². The van der Waals surface area contributed by atoms with Gasteiger partial charge in [-0.05, 0) is 31.9 Å². The van der Waals surface area contributed by atoms with Crippen molar-refractivity contribution in [1.29, 1.82) is 0 Å². The maximum atomic E-state index is 12.5. The first-order valence-corrected chi connectivity index (χ1v) is 9.14. The number of carbonyl (C=O) groups excluding carboxylic acids is 2. The number of hydrogen-bond acceptors (Lipinski definition) is 6. The standard InChI is InChI=1S/C16H18N6O2S/c1-10(14(23)21-9-8-18-15(21)24)25-16-20-19-13(22(16)12-2-3-12)11-4-6-17-7-5-11/h4-7,10,12H,2-3,8-9H2,1H3,(H,18,24)/t10-/m1/s1. The lowest BCUT2D eigenvalue weighted by Gasteiger charge is -2.17. The lowest BCUT2D eigenvalue weighted by Crippen LogP contribution is -2.39. The summed E-state index contributed by atoms with van der Waals surface area (Å²) in [6, 6.07) is 3.86. The SMILES string of the molecule is C[C@@H](Sc1nnc(-c2ccncc2)n1C1CC1)C(=O)N1CCNC1=O. The van der Waals surface area contributed by atoms with Crippen LogP contribution in [0.3, 0.4) is 0 Å². The van der Waals surface area contributed by atoms with Gasteiger partial charge in [-0.25, -0.2) is 4.79 Å². The van der Waals surface area contributed by atoms with E-state index in [0.717, 1.165) is 29.4 Å². The van der Waals surface area contributed by atoms with E-state index in [4.69, 9.17) is 0 Å². The van der Waals surface area contributed by atoms with Gasteiger partial charge in [0.15, 0.2) is 11.0 Å². The Bertz CT molecular complexity index is 804. The quantitative estimate of drug-likeness (QED) is 0.818. The van der Waals surface area contributed by atoms with Gasteiger partial charge in [0.25, 0.3) is 0 Å². The Kier molecular flexibility index (Phi) is 4.16. The van der Waals surface area contributed by atoms with Gasteiger partial charge in [0.1, 0.15) is 0 Å². The monoisotopic (exact) mass is 358 g/mol. The third kappa shape index (κ3) is 3.11. The minimum Gasteiger partial charge on any atom is -0.336 e. The molecule has 0 aromatic carbocycles. The predicted octanol–water partition coefficient (Wildman–Crippen LogP) is 1.71. The molecular weight excluding hydrogens is 340 g/mol. The number of amides is 3. The van der Waals surface area contributed by atoms with Gasteiger partial charge in [0.2, 0.25) is 5.91 Å². The minimum absolute atomic E-state index is 0.198. The molecule has 2 aromatic heterocycles. The van der Waals surface area contributed by atoms with Crippen LogP contribution < -0.4 is 5.32 Å². The van der Waals surface area contributed by atoms with E-state index in [1.807, 2.05) is 12.1 Å². The number of carbonyl (C=O) groups is 2. The number of imide groups is 1. The fraction of sp³-hybridized carbons (Fsp3) is 0.438. The fourth-order valence-corrected chi connectivity index (χ4v) is 3.81. The number of thioether (sulfide) groups is 1. The van der Waals surface area contributed by atoms with Gasteiger partial charge >= 0.3 is 6.03 Å². The van der Waals surface area contributed by atoms with E-state index in [1.165, 1.54) is 16.7 Å². The molecule has 130 valence electrons. The molecule has 3 amide bonds. The molecular formula is C16H18N6O2S. The highest BCUT2D eigenvalue weighted by molar-refractivity contribution is 8.00. The molecule has 1 atom stereocenters. The van der Waals surface area contributed by atoms with Gasteiger partial charge in [-0.3, -0.25) is 19.2 Å². The zero-order valence-corrected chi connectivity index (χ0v) is 14.6. The highest BCUT2D eigenvalue weighted by Gasteiger charge is 2.34. The largest absolute Gasteiger partial charge is 0.336 e. The second-order valence-electron chi connectivity index (χ2n) is 6.13. The molecule has 4 rings (SSSR count). The van der Waals surface area contributed by atoms with Crippen molar-refractivity contribution >= 4 is 23.7 Å². The number of urea groups is 1. The molecule has 25 heavy (non-hydrogen) atoms. The summed E-state index contributed by atoms with van der Waals surface area (Å²) in [6.45, 7) is 2.73. The van der Waals surface area contributed by atoms with Crippen LogP contribution >= 0.6 is 11.8 Å². The van der Waals surface area contributed by atoms with E-state index < -0.39 is 5.25 Å². The Morgan fingerprint density at radius 1 is 1.32 bits per heavy atom. The average Bonchev–Trinajstić information content (AvgIpc) is 3.24. The smallest absolute Gasteiger partial charge is 0.324 e. The second kappa shape index (κ2) is 6.47. The van der Waals surface area contributed by atoms with Gasteiger partial charge in [0, 0.05) is 37.1 Å². The molecule has 1 saturated heterocycles. The molecule has 3 heterocycles. The topological polar surface area (TPSA) is 93.0 Å². The predicted molar refractivity (Wildman–Crippen MR) is 92.0 cm³/mol. The molecule has 1 aliphatic carbocycles. The summed E-state index contributed by atoms with van der Waals surface area (Å²) < 4.78 is 2.10. The lowest BCUT2D eigenvalue weighted by molar-refractivity contribution is -0.126. The summed E-state index contributed by atoms with van der Waals surface area (Å²) in [7, 11) is 0. The third-order valence-electron chi connectivity index (χ3n) is 4.27. The Morgan fingerprint density at radius 3 is 2.72 bits per heavy atom. The molecule has 2 aromatic rings. The zero-order chi connectivity index (χ0) is 17.4. The fourth-order valence-electron chi connectivity index (χ4n) is 2.83. The molecule has 0 unspecified atom stereocenters. The number of pyridine rings is 1. The van der Waals surface area contributed by atoms with Crippen molar-refractivity contribution in [1.82, 2.24) is 30.0 Å². The van der Waals surface area contributed by atoms with Crippen molar-refractivity contribution in [2.24, 2.45) is 0 Å². The van der Waals surface area contributed by atoms with Crippen molar-refractivity contribution in [2.45, 2.75) is 36.2 Å². The minimum atomic E-state index is -0.407. The van der Waals surface area contributed by atoms with Crippen LogP contribution in [0, 0.1) is 0 Å². The first kappa shape index (κ1) is 16.1. The summed E-state index contributed by atoms with van der Waals surface area (Å²) in [6.07, 6.45) is 5.62. The highest BCUT2D eigenvalue weighted by atomic mass is 32.2. The first-order chi connectivity index (χ1) is 12.1. The molecule has 0 spiro atoms. The molecule has 8 nitrogen and oxygen atoms in total. The average molecular weight is 358 g/mol. The Balaban J connectivity index is 1.57. The summed E-state index contributed by atoms with van der Waals surface area (Å²) in [5.74, 6) is 0.599. The van der Waals surface area contributed by atoms with E-state index in [1.54, 1.807) is 19.3 Å². The molecule has 1 saturated carbocycles.